The Kier molecular flexibility index (Phi) is 4.10. The highest BCUT2D eigenvalue weighted by Gasteiger charge is 2.13. The van der Waals surface area contributed by atoms with Crippen LogP contribution in [0.1, 0.15) is 16.1 Å². The summed E-state index contributed by atoms with van der Waals surface area (Å²) in [5.74, 6) is 0.357. The third-order valence-electron chi connectivity index (χ3n) is 3.50. The van der Waals surface area contributed by atoms with Crippen molar-refractivity contribution in [3.63, 3.8) is 0 Å². The summed E-state index contributed by atoms with van der Waals surface area (Å²) in [6, 6.07) is 17.0. The van der Waals surface area contributed by atoms with Gasteiger partial charge < -0.3 is 10.1 Å². The van der Waals surface area contributed by atoms with Gasteiger partial charge in [-0.05, 0) is 30.7 Å². The number of H-pyrrole nitrogens is 1. The van der Waals surface area contributed by atoms with Gasteiger partial charge in [0.05, 0.1) is 18.5 Å². The van der Waals surface area contributed by atoms with E-state index in [2.05, 4.69) is 15.5 Å². The van der Waals surface area contributed by atoms with Crippen LogP contribution in [0.2, 0.25) is 0 Å². The molecule has 0 aliphatic carbocycles. The first-order valence-corrected chi connectivity index (χ1v) is 7.24. The van der Waals surface area contributed by atoms with E-state index in [0.29, 0.717) is 17.1 Å². The molecule has 0 aliphatic rings. The van der Waals surface area contributed by atoms with Crippen molar-refractivity contribution < 1.29 is 9.53 Å². The normalized spacial score (nSPS) is 10.3. The van der Waals surface area contributed by atoms with Gasteiger partial charge in [0.2, 0.25) is 0 Å². The average molecular weight is 307 g/mol. The first-order valence-electron chi connectivity index (χ1n) is 7.24. The second-order valence-electron chi connectivity index (χ2n) is 5.19. The van der Waals surface area contributed by atoms with Crippen LogP contribution in [0.25, 0.3) is 11.3 Å². The number of aromatic nitrogens is 2. The number of carbonyl (C=O) groups is 1. The fourth-order valence-corrected chi connectivity index (χ4v) is 2.30. The molecular formula is C18H17N3O2. The first kappa shape index (κ1) is 14.8. The summed E-state index contributed by atoms with van der Waals surface area (Å²) in [7, 11) is 1.57. The van der Waals surface area contributed by atoms with Crippen LogP contribution in [0.3, 0.4) is 0 Å². The van der Waals surface area contributed by atoms with Gasteiger partial charge in [-0.3, -0.25) is 9.89 Å². The topological polar surface area (TPSA) is 67.0 Å². The van der Waals surface area contributed by atoms with Crippen molar-refractivity contribution in [2.75, 3.05) is 12.4 Å². The Bertz CT molecular complexity index is 825. The molecule has 0 saturated carbocycles. The van der Waals surface area contributed by atoms with Gasteiger partial charge >= 0.3 is 0 Å². The average Bonchev–Trinajstić information content (AvgIpc) is 3.06. The molecule has 23 heavy (non-hydrogen) atoms. The molecule has 0 radical (unpaired) electrons. The Morgan fingerprint density at radius 1 is 1.13 bits per heavy atom. The summed E-state index contributed by atoms with van der Waals surface area (Å²) < 4.78 is 5.27. The maximum absolute atomic E-state index is 12.4. The molecule has 2 aromatic carbocycles. The second-order valence-corrected chi connectivity index (χ2v) is 5.19. The molecule has 1 heterocycles. The highest BCUT2D eigenvalue weighted by molar-refractivity contribution is 6.04. The monoisotopic (exact) mass is 307 g/mol. The molecule has 1 aromatic heterocycles. The maximum Gasteiger partial charge on any atom is 0.273 e. The van der Waals surface area contributed by atoms with Crippen molar-refractivity contribution in [3.8, 4) is 17.0 Å². The van der Waals surface area contributed by atoms with Crippen LogP contribution in [-0.2, 0) is 0 Å². The summed E-state index contributed by atoms with van der Waals surface area (Å²) in [5.41, 5.74) is 3.75. The minimum Gasteiger partial charge on any atom is -0.495 e. The van der Waals surface area contributed by atoms with Crippen LogP contribution in [0.5, 0.6) is 5.75 Å². The number of rotatable bonds is 4. The fourth-order valence-electron chi connectivity index (χ4n) is 2.30. The minimum atomic E-state index is -0.261. The third kappa shape index (κ3) is 3.23. The van der Waals surface area contributed by atoms with Gasteiger partial charge in [0.25, 0.3) is 5.91 Å². The van der Waals surface area contributed by atoms with E-state index >= 15 is 0 Å². The molecule has 0 saturated heterocycles. The lowest BCUT2D eigenvalue weighted by atomic mass is 10.1. The van der Waals surface area contributed by atoms with Gasteiger partial charge in [0.15, 0.2) is 0 Å². The zero-order valence-corrected chi connectivity index (χ0v) is 13.0. The Hall–Kier alpha value is -3.08. The molecule has 2 N–H and O–H groups in total. The van der Waals surface area contributed by atoms with Crippen molar-refractivity contribution in [3.05, 3.63) is 65.9 Å². The number of aryl methyl sites for hydroxylation is 1. The molecule has 0 bridgehead atoms. The van der Waals surface area contributed by atoms with Crippen LogP contribution in [0, 0.1) is 6.92 Å². The number of methoxy groups -OCH3 is 1. The maximum atomic E-state index is 12.4. The number of ether oxygens (including phenoxy) is 1. The number of amides is 1. The van der Waals surface area contributed by atoms with Crippen LogP contribution in [-0.4, -0.2) is 23.2 Å². The van der Waals surface area contributed by atoms with E-state index < -0.39 is 0 Å². The molecule has 5 heteroatoms. The molecule has 0 unspecified atom stereocenters. The Morgan fingerprint density at radius 3 is 2.65 bits per heavy atom. The lowest BCUT2D eigenvalue weighted by Crippen LogP contribution is -2.13. The molecule has 0 aliphatic heterocycles. The molecule has 3 rings (SSSR count). The van der Waals surface area contributed by atoms with Gasteiger partial charge in [0.1, 0.15) is 11.4 Å². The van der Waals surface area contributed by atoms with Crippen LogP contribution in [0.15, 0.2) is 54.6 Å². The minimum absolute atomic E-state index is 0.261. The van der Waals surface area contributed by atoms with E-state index in [1.54, 1.807) is 13.2 Å². The third-order valence-corrected chi connectivity index (χ3v) is 3.50. The number of anilines is 1. The SMILES string of the molecule is COc1ccc(C)cc1NC(=O)c1cc(-c2ccccc2)n[nH]1. The number of hydrogen-bond acceptors (Lipinski definition) is 3. The van der Waals surface area contributed by atoms with Crippen LogP contribution in [0.4, 0.5) is 5.69 Å². The predicted octanol–water partition coefficient (Wildman–Crippen LogP) is 3.65. The zero-order valence-electron chi connectivity index (χ0n) is 13.0. The number of nitrogens with zero attached hydrogens (tertiary/aromatic N) is 1. The number of nitrogens with one attached hydrogen (secondary N) is 2. The molecule has 0 fully saturated rings. The first-order chi connectivity index (χ1) is 11.2. The van der Waals surface area contributed by atoms with E-state index in [-0.39, 0.29) is 5.91 Å². The van der Waals surface area contributed by atoms with Gasteiger partial charge in [-0.2, -0.15) is 5.10 Å². The van der Waals surface area contributed by atoms with Crippen molar-refractivity contribution in [2.45, 2.75) is 6.92 Å². The van der Waals surface area contributed by atoms with Crippen molar-refractivity contribution in [2.24, 2.45) is 0 Å². The number of carbonyl (C=O) groups excluding carboxylic acids is 1. The van der Waals surface area contributed by atoms with E-state index in [1.807, 2.05) is 55.5 Å². The molecule has 0 atom stereocenters. The second kappa shape index (κ2) is 6.36. The largest absolute Gasteiger partial charge is 0.495 e. The highest BCUT2D eigenvalue weighted by Crippen LogP contribution is 2.26. The van der Waals surface area contributed by atoms with Gasteiger partial charge in [-0.15, -0.1) is 0 Å². The number of benzene rings is 2. The standard InChI is InChI=1S/C18H17N3O2/c1-12-8-9-17(23-2)15(10-12)19-18(22)16-11-14(20-21-16)13-6-4-3-5-7-13/h3-11H,1-2H3,(H,19,22)(H,20,21). The van der Waals surface area contributed by atoms with Crippen LogP contribution < -0.4 is 10.1 Å². The van der Waals surface area contributed by atoms with Crippen molar-refractivity contribution >= 4 is 11.6 Å². The van der Waals surface area contributed by atoms with Crippen LogP contribution >= 0.6 is 0 Å². The van der Waals surface area contributed by atoms with E-state index in [0.717, 1.165) is 16.8 Å². The fraction of sp³-hybridized carbons (Fsp3) is 0.111. The zero-order chi connectivity index (χ0) is 16.2. The number of aromatic amines is 1. The van der Waals surface area contributed by atoms with Crippen molar-refractivity contribution in [1.29, 1.82) is 0 Å². The molecule has 116 valence electrons. The molecular weight excluding hydrogens is 290 g/mol. The molecule has 5 nitrogen and oxygen atoms in total. The summed E-state index contributed by atoms with van der Waals surface area (Å²) in [5, 5.41) is 9.81. The summed E-state index contributed by atoms with van der Waals surface area (Å²) in [4.78, 5) is 12.4. The smallest absolute Gasteiger partial charge is 0.273 e. The summed E-state index contributed by atoms with van der Waals surface area (Å²) in [6.45, 7) is 1.96. The number of hydrogen-bond donors (Lipinski definition) is 2. The van der Waals surface area contributed by atoms with E-state index in [4.69, 9.17) is 4.74 Å². The summed E-state index contributed by atoms with van der Waals surface area (Å²) in [6.07, 6.45) is 0. The quantitative estimate of drug-likeness (QED) is 0.773. The van der Waals surface area contributed by atoms with Gasteiger partial charge in [-0.25, -0.2) is 0 Å². The Labute approximate surface area is 134 Å². The lowest BCUT2D eigenvalue weighted by Gasteiger charge is -2.10. The van der Waals surface area contributed by atoms with E-state index in [9.17, 15) is 4.79 Å². The predicted molar refractivity (Wildman–Crippen MR) is 89.7 cm³/mol. The van der Waals surface area contributed by atoms with E-state index in [1.165, 1.54) is 0 Å². The van der Waals surface area contributed by atoms with Gasteiger partial charge in [0, 0.05) is 5.56 Å². The van der Waals surface area contributed by atoms with Crippen molar-refractivity contribution in [1.82, 2.24) is 10.2 Å². The summed E-state index contributed by atoms with van der Waals surface area (Å²) >= 11 is 0. The lowest BCUT2D eigenvalue weighted by molar-refractivity contribution is 0.102. The molecule has 3 aromatic rings. The Balaban J connectivity index is 1.82. The highest BCUT2D eigenvalue weighted by atomic mass is 16.5. The molecule has 1 amide bonds. The Morgan fingerprint density at radius 2 is 1.91 bits per heavy atom. The van der Waals surface area contributed by atoms with Gasteiger partial charge in [-0.1, -0.05) is 36.4 Å². The molecule has 0 spiro atoms.